The molecule has 0 radical (unpaired) electrons. The topological polar surface area (TPSA) is 23.5 Å². The summed E-state index contributed by atoms with van der Waals surface area (Å²) in [6, 6.07) is 0. The van der Waals surface area contributed by atoms with Crippen LogP contribution < -0.4 is 0 Å². The van der Waals surface area contributed by atoms with Crippen LogP contribution in [0.3, 0.4) is 0 Å². The SMILES string of the molecule is C=CC(O)C/C=C(\C)C(CN(C)C)C1CCCCC1. The van der Waals surface area contributed by atoms with E-state index in [0.29, 0.717) is 12.3 Å². The normalized spacial score (nSPS) is 21.4. The van der Waals surface area contributed by atoms with E-state index >= 15 is 0 Å². The zero-order valence-electron chi connectivity index (χ0n) is 12.9. The molecule has 1 N–H and O–H groups in total. The summed E-state index contributed by atoms with van der Waals surface area (Å²) in [5, 5.41) is 9.61. The Labute approximate surface area is 119 Å². The number of hydrogen-bond donors (Lipinski definition) is 1. The van der Waals surface area contributed by atoms with Crippen LogP contribution in [0.2, 0.25) is 0 Å². The van der Waals surface area contributed by atoms with Gasteiger partial charge < -0.3 is 10.0 Å². The van der Waals surface area contributed by atoms with Gasteiger partial charge in [0.15, 0.2) is 0 Å². The van der Waals surface area contributed by atoms with Gasteiger partial charge in [0.25, 0.3) is 0 Å². The highest BCUT2D eigenvalue weighted by Gasteiger charge is 2.25. The number of hydrogen-bond acceptors (Lipinski definition) is 2. The minimum absolute atomic E-state index is 0.402. The molecule has 0 aromatic heterocycles. The summed E-state index contributed by atoms with van der Waals surface area (Å²) in [5.41, 5.74) is 1.45. The van der Waals surface area contributed by atoms with Crippen LogP contribution in [-0.4, -0.2) is 36.8 Å². The highest BCUT2D eigenvalue weighted by atomic mass is 16.3. The first-order valence-corrected chi connectivity index (χ1v) is 7.66. The molecule has 0 spiro atoms. The Kier molecular flexibility index (Phi) is 7.40. The van der Waals surface area contributed by atoms with Gasteiger partial charge in [-0.15, -0.1) is 6.58 Å². The molecule has 110 valence electrons. The minimum Gasteiger partial charge on any atom is -0.389 e. The average Bonchev–Trinajstić information content (AvgIpc) is 2.42. The van der Waals surface area contributed by atoms with E-state index in [0.717, 1.165) is 12.5 Å². The molecule has 0 amide bonds. The molecule has 1 saturated carbocycles. The first-order valence-electron chi connectivity index (χ1n) is 7.66. The molecule has 1 aliphatic rings. The molecule has 0 aromatic rings. The lowest BCUT2D eigenvalue weighted by Crippen LogP contribution is -2.30. The smallest absolute Gasteiger partial charge is 0.0752 e. The highest BCUT2D eigenvalue weighted by molar-refractivity contribution is 5.08. The van der Waals surface area contributed by atoms with E-state index in [1.54, 1.807) is 6.08 Å². The Hall–Kier alpha value is -0.600. The Morgan fingerprint density at radius 2 is 1.95 bits per heavy atom. The summed E-state index contributed by atoms with van der Waals surface area (Å²) in [7, 11) is 4.31. The third-order valence-electron chi connectivity index (χ3n) is 4.32. The second-order valence-corrected chi connectivity index (χ2v) is 6.25. The Morgan fingerprint density at radius 3 is 2.47 bits per heavy atom. The molecule has 0 aliphatic heterocycles. The van der Waals surface area contributed by atoms with E-state index in [-0.39, 0.29) is 0 Å². The van der Waals surface area contributed by atoms with Gasteiger partial charge in [-0.1, -0.05) is 37.0 Å². The number of aliphatic hydroxyl groups is 1. The average molecular weight is 265 g/mol. The minimum atomic E-state index is -0.402. The van der Waals surface area contributed by atoms with Gasteiger partial charge in [-0.05, 0) is 52.1 Å². The van der Waals surface area contributed by atoms with Gasteiger partial charge in [-0.3, -0.25) is 0 Å². The van der Waals surface area contributed by atoms with E-state index < -0.39 is 6.10 Å². The van der Waals surface area contributed by atoms with Crippen LogP contribution in [0, 0.1) is 11.8 Å². The Morgan fingerprint density at radius 1 is 1.32 bits per heavy atom. The van der Waals surface area contributed by atoms with Crippen molar-refractivity contribution < 1.29 is 5.11 Å². The molecule has 2 atom stereocenters. The summed E-state index contributed by atoms with van der Waals surface area (Å²) < 4.78 is 0. The fraction of sp³-hybridized carbons (Fsp3) is 0.765. The third kappa shape index (κ3) is 5.92. The maximum atomic E-state index is 9.61. The zero-order valence-corrected chi connectivity index (χ0v) is 12.9. The van der Waals surface area contributed by atoms with Gasteiger partial charge in [-0.2, -0.15) is 0 Å². The lowest BCUT2D eigenvalue weighted by Gasteiger charge is -2.33. The lowest BCUT2D eigenvalue weighted by atomic mass is 9.76. The number of rotatable bonds is 7. The first-order chi connectivity index (χ1) is 9.04. The van der Waals surface area contributed by atoms with Gasteiger partial charge in [-0.25, -0.2) is 0 Å². The molecular weight excluding hydrogens is 234 g/mol. The third-order valence-corrected chi connectivity index (χ3v) is 4.32. The van der Waals surface area contributed by atoms with Crippen molar-refractivity contribution in [1.82, 2.24) is 4.90 Å². The van der Waals surface area contributed by atoms with Crippen molar-refractivity contribution in [3.63, 3.8) is 0 Å². The molecule has 2 heteroatoms. The quantitative estimate of drug-likeness (QED) is 0.711. The largest absolute Gasteiger partial charge is 0.389 e. The molecule has 19 heavy (non-hydrogen) atoms. The fourth-order valence-electron chi connectivity index (χ4n) is 3.15. The molecule has 0 bridgehead atoms. The predicted octanol–water partition coefficient (Wildman–Crippen LogP) is 3.63. The number of nitrogens with zero attached hydrogens (tertiary/aromatic N) is 1. The molecule has 0 saturated heterocycles. The molecule has 2 nitrogen and oxygen atoms in total. The number of aliphatic hydroxyl groups excluding tert-OH is 1. The van der Waals surface area contributed by atoms with Gasteiger partial charge in [0.1, 0.15) is 0 Å². The summed E-state index contributed by atoms with van der Waals surface area (Å²) >= 11 is 0. The van der Waals surface area contributed by atoms with Crippen LogP contribution in [0.5, 0.6) is 0 Å². The second-order valence-electron chi connectivity index (χ2n) is 6.25. The van der Waals surface area contributed by atoms with Gasteiger partial charge >= 0.3 is 0 Å². The Bertz CT molecular complexity index is 290. The van der Waals surface area contributed by atoms with Crippen LogP contribution in [0.4, 0.5) is 0 Å². The molecule has 0 aromatic carbocycles. The molecule has 1 fully saturated rings. The monoisotopic (exact) mass is 265 g/mol. The van der Waals surface area contributed by atoms with E-state index in [2.05, 4.69) is 38.6 Å². The molecule has 1 rings (SSSR count). The zero-order chi connectivity index (χ0) is 14.3. The lowest BCUT2D eigenvalue weighted by molar-refractivity contribution is 0.218. The van der Waals surface area contributed by atoms with Crippen molar-refractivity contribution >= 4 is 0 Å². The van der Waals surface area contributed by atoms with E-state index in [4.69, 9.17) is 0 Å². The van der Waals surface area contributed by atoms with Crippen molar-refractivity contribution in [3.05, 3.63) is 24.3 Å². The molecular formula is C17H31NO. The van der Waals surface area contributed by atoms with Crippen molar-refractivity contribution in [1.29, 1.82) is 0 Å². The summed E-state index contributed by atoms with van der Waals surface area (Å²) in [6.07, 6.45) is 11.0. The first kappa shape index (κ1) is 16.5. The Balaban J connectivity index is 2.68. The predicted molar refractivity (Wildman–Crippen MR) is 83.2 cm³/mol. The van der Waals surface area contributed by atoms with Crippen molar-refractivity contribution in [3.8, 4) is 0 Å². The summed E-state index contributed by atoms with van der Waals surface area (Å²) in [4.78, 5) is 2.29. The van der Waals surface area contributed by atoms with Crippen LogP contribution in [0.25, 0.3) is 0 Å². The molecule has 0 heterocycles. The summed E-state index contributed by atoms with van der Waals surface area (Å²) in [5.74, 6) is 1.47. The van der Waals surface area contributed by atoms with Crippen molar-refractivity contribution in [2.45, 2.75) is 51.6 Å². The summed E-state index contributed by atoms with van der Waals surface area (Å²) in [6.45, 7) is 6.99. The van der Waals surface area contributed by atoms with E-state index in [1.165, 1.54) is 37.7 Å². The molecule has 2 unspecified atom stereocenters. The molecule has 1 aliphatic carbocycles. The van der Waals surface area contributed by atoms with Crippen LogP contribution in [0.15, 0.2) is 24.3 Å². The fourth-order valence-corrected chi connectivity index (χ4v) is 3.15. The van der Waals surface area contributed by atoms with Crippen molar-refractivity contribution in [2.75, 3.05) is 20.6 Å². The maximum absolute atomic E-state index is 9.61. The van der Waals surface area contributed by atoms with Crippen molar-refractivity contribution in [2.24, 2.45) is 11.8 Å². The standard InChI is InChI=1S/C17H31NO/c1-5-16(19)12-11-14(2)17(13-18(3)4)15-9-7-6-8-10-15/h5,11,15-17,19H,1,6-10,12-13H2,2-4H3/b14-11+. The maximum Gasteiger partial charge on any atom is 0.0752 e. The van der Waals surface area contributed by atoms with Gasteiger partial charge in [0, 0.05) is 6.54 Å². The second kappa shape index (κ2) is 8.55. The van der Waals surface area contributed by atoms with Crippen LogP contribution in [0.1, 0.15) is 45.4 Å². The van der Waals surface area contributed by atoms with Gasteiger partial charge in [0.05, 0.1) is 6.10 Å². The van der Waals surface area contributed by atoms with Crippen LogP contribution in [-0.2, 0) is 0 Å². The van der Waals surface area contributed by atoms with E-state index in [1.807, 2.05) is 0 Å². The van der Waals surface area contributed by atoms with Crippen LogP contribution >= 0.6 is 0 Å². The van der Waals surface area contributed by atoms with E-state index in [9.17, 15) is 5.11 Å². The van der Waals surface area contributed by atoms with Gasteiger partial charge in [0.2, 0.25) is 0 Å². The highest BCUT2D eigenvalue weighted by Crippen LogP contribution is 2.34.